The quantitative estimate of drug-likeness (QED) is 0.847. The fourth-order valence-corrected chi connectivity index (χ4v) is 2.64. The molecule has 1 N–H and O–H groups in total. The number of morpholine rings is 1. The van der Waals surface area contributed by atoms with Crippen LogP contribution in [0.3, 0.4) is 0 Å². The Balaban J connectivity index is 2.36. The second kappa shape index (κ2) is 4.64. The molecule has 0 aliphatic carbocycles. The number of hydrogen-bond acceptors (Lipinski definition) is 2. The van der Waals surface area contributed by atoms with E-state index in [1.807, 2.05) is 0 Å². The van der Waals surface area contributed by atoms with Gasteiger partial charge in [-0.2, -0.15) is 0 Å². The Morgan fingerprint density at radius 2 is 2.07 bits per heavy atom. The molecule has 1 unspecified atom stereocenters. The highest BCUT2D eigenvalue weighted by Gasteiger charge is 2.20. The van der Waals surface area contributed by atoms with Crippen LogP contribution in [0.4, 0.5) is 0 Å². The Morgan fingerprint density at radius 1 is 1.33 bits per heavy atom. The molecule has 1 fully saturated rings. The van der Waals surface area contributed by atoms with E-state index in [0.717, 1.165) is 19.7 Å². The van der Waals surface area contributed by atoms with E-state index in [1.165, 1.54) is 21.2 Å². The van der Waals surface area contributed by atoms with Crippen LogP contribution in [-0.4, -0.2) is 19.7 Å². The number of nitrogens with one attached hydrogen (secondary N) is 1. The third kappa shape index (κ3) is 2.25. The molecule has 0 saturated carbocycles. The molecule has 2 rings (SSSR count). The van der Waals surface area contributed by atoms with Crippen molar-refractivity contribution in [3.63, 3.8) is 0 Å². The van der Waals surface area contributed by atoms with E-state index in [0.29, 0.717) is 0 Å². The lowest BCUT2D eigenvalue weighted by atomic mass is 10.00. The minimum absolute atomic E-state index is 0.188. The van der Waals surface area contributed by atoms with Crippen molar-refractivity contribution >= 4 is 15.9 Å². The molecule has 1 aromatic rings. The third-order valence-electron chi connectivity index (χ3n) is 2.84. The van der Waals surface area contributed by atoms with Gasteiger partial charge in [-0.3, -0.25) is 0 Å². The molecule has 0 aromatic heterocycles. The van der Waals surface area contributed by atoms with Crippen molar-refractivity contribution in [3.8, 4) is 0 Å². The van der Waals surface area contributed by atoms with Gasteiger partial charge >= 0.3 is 0 Å². The summed E-state index contributed by atoms with van der Waals surface area (Å²) in [7, 11) is 0. The van der Waals surface area contributed by atoms with E-state index in [4.69, 9.17) is 4.74 Å². The van der Waals surface area contributed by atoms with Gasteiger partial charge < -0.3 is 10.1 Å². The maximum absolute atomic E-state index is 5.79. The molecule has 0 spiro atoms. The van der Waals surface area contributed by atoms with Crippen molar-refractivity contribution in [2.75, 3.05) is 19.7 Å². The van der Waals surface area contributed by atoms with Crippen molar-refractivity contribution < 1.29 is 4.74 Å². The lowest BCUT2D eigenvalue weighted by molar-refractivity contribution is 0.0268. The van der Waals surface area contributed by atoms with Crippen molar-refractivity contribution in [2.45, 2.75) is 20.0 Å². The van der Waals surface area contributed by atoms with Gasteiger partial charge in [0.25, 0.3) is 0 Å². The van der Waals surface area contributed by atoms with Crippen molar-refractivity contribution in [1.29, 1.82) is 0 Å². The second-order valence-corrected chi connectivity index (χ2v) is 4.78. The van der Waals surface area contributed by atoms with Crippen LogP contribution in [0.25, 0.3) is 0 Å². The smallest absolute Gasteiger partial charge is 0.0963 e. The zero-order valence-electron chi connectivity index (χ0n) is 9.14. The summed E-state index contributed by atoms with van der Waals surface area (Å²) in [6.07, 6.45) is 0.188. The molecule has 1 aromatic carbocycles. The molecular formula is C12H16BrNO. The molecule has 1 saturated heterocycles. The SMILES string of the molecule is Cc1ccc(C)c(C2CNCCO2)c1Br. The Kier molecular flexibility index (Phi) is 3.44. The third-order valence-corrected chi connectivity index (χ3v) is 3.89. The van der Waals surface area contributed by atoms with E-state index in [1.54, 1.807) is 0 Å². The van der Waals surface area contributed by atoms with Crippen LogP contribution in [0, 0.1) is 13.8 Å². The number of ether oxygens (including phenoxy) is 1. The minimum atomic E-state index is 0.188. The van der Waals surface area contributed by atoms with Gasteiger partial charge in [0, 0.05) is 17.6 Å². The summed E-state index contributed by atoms with van der Waals surface area (Å²) in [6.45, 7) is 6.91. The molecule has 3 heteroatoms. The lowest BCUT2D eigenvalue weighted by Crippen LogP contribution is -2.33. The summed E-state index contributed by atoms with van der Waals surface area (Å²) >= 11 is 3.66. The van der Waals surface area contributed by atoms with Gasteiger partial charge in [-0.15, -0.1) is 0 Å². The van der Waals surface area contributed by atoms with Crippen molar-refractivity contribution in [2.24, 2.45) is 0 Å². The van der Waals surface area contributed by atoms with Gasteiger partial charge in [0.05, 0.1) is 12.7 Å². The second-order valence-electron chi connectivity index (χ2n) is 3.99. The highest BCUT2D eigenvalue weighted by atomic mass is 79.9. The predicted octanol–water partition coefficient (Wildman–Crippen LogP) is 2.73. The van der Waals surface area contributed by atoms with Crippen LogP contribution in [0.5, 0.6) is 0 Å². The van der Waals surface area contributed by atoms with Crippen LogP contribution in [0.15, 0.2) is 16.6 Å². The maximum Gasteiger partial charge on any atom is 0.0963 e. The fraction of sp³-hybridized carbons (Fsp3) is 0.500. The summed E-state index contributed by atoms with van der Waals surface area (Å²) < 4.78 is 6.98. The molecule has 82 valence electrons. The molecular weight excluding hydrogens is 254 g/mol. The molecule has 0 amide bonds. The summed E-state index contributed by atoms with van der Waals surface area (Å²) in [5.41, 5.74) is 3.85. The number of aryl methyl sites for hydroxylation is 2. The van der Waals surface area contributed by atoms with E-state index < -0.39 is 0 Å². The monoisotopic (exact) mass is 269 g/mol. The van der Waals surface area contributed by atoms with E-state index in [9.17, 15) is 0 Å². The maximum atomic E-state index is 5.79. The molecule has 1 aliphatic heterocycles. The fourth-order valence-electron chi connectivity index (χ4n) is 1.94. The molecule has 0 bridgehead atoms. The Morgan fingerprint density at radius 3 is 2.73 bits per heavy atom. The molecule has 1 atom stereocenters. The first-order chi connectivity index (χ1) is 7.20. The molecule has 0 radical (unpaired) electrons. The molecule has 1 aliphatic rings. The van der Waals surface area contributed by atoms with Crippen molar-refractivity contribution in [1.82, 2.24) is 5.32 Å². The first kappa shape index (κ1) is 11.1. The average Bonchev–Trinajstić information content (AvgIpc) is 2.26. The summed E-state index contributed by atoms with van der Waals surface area (Å²) in [5.74, 6) is 0. The minimum Gasteiger partial charge on any atom is -0.371 e. The predicted molar refractivity (Wildman–Crippen MR) is 65.2 cm³/mol. The molecule has 2 nitrogen and oxygen atoms in total. The van der Waals surface area contributed by atoms with Gasteiger partial charge in [0.1, 0.15) is 0 Å². The lowest BCUT2D eigenvalue weighted by Gasteiger charge is -2.26. The topological polar surface area (TPSA) is 21.3 Å². The number of benzene rings is 1. The van der Waals surface area contributed by atoms with Crippen LogP contribution in [-0.2, 0) is 4.74 Å². The largest absolute Gasteiger partial charge is 0.371 e. The zero-order valence-corrected chi connectivity index (χ0v) is 10.7. The average molecular weight is 270 g/mol. The van der Waals surface area contributed by atoms with Gasteiger partial charge in [0.2, 0.25) is 0 Å². The number of halogens is 1. The zero-order chi connectivity index (χ0) is 10.8. The van der Waals surface area contributed by atoms with Crippen LogP contribution < -0.4 is 5.32 Å². The van der Waals surface area contributed by atoms with Crippen LogP contribution in [0.2, 0.25) is 0 Å². The van der Waals surface area contributed by atoms with Gasteiger partial charge in [-0.05, 0) is 30.5 Å². The Labute approximate surface area is 99.1 Å². The summed E-state index contributed by atoms with van der Waals surface area (Å²) in [5, 5.41) is 3.36. The highest BCUT2D eigenvalue weighted by Crippen LogP contribution is 2.32. The standard InChI is InChI=1S/C12H16BrNO/c1-8-3-4-9(2)12(13)11(8)10-7-14-5-6-15-10/h3-4,10,14H,5-7H2,1-2H3. The normalized spacial score (nSPS) is 21.7. The Bertz CT molecular complexity index is 359. The van der Waals surface area contributed by atoms with Crippen molar-refractivity contribution in [3.05, 3.63) is 33.3 Å². The Hall–Kier alpha value is -0.380. The first-order valence-corrected chi connectivity index (χ1v) is 6.07. The number of hydrogen-bond donors (Lipinski definition) is 1. The first-order valence-electron chi connectivity index (χ1n) is 5.28. The van der Waals surface area contributed by atoms with Crippen LogP contribution >= 0.6 is 15.9 Å². The van der Waals surface area contributed by atoms with Gasteiger partial charge in [-0.25, -0.2) is 0 Å². The summed E-state index contributed by atoms with van der Waals surface area (Å²) in [6, 6.07) is 4.30. The molecule has 1 heterocycles. The van der Waals surface area contributed by atoms with E-state index >= 15 is 0 Å². The molecule has 15 heavy (non-hydrogen) atoms. The van der Waals surface area contributed by atoms with E-state index in [-0.39, 0.29) is 6.10 Å². The van der Waals surface area contributed by atoms with Crippen LogP contribution in [0.1, 0.15) is 22.8 Å². The summed E-state index contributed by atoms with van der Waals surface area (Å²) in [4.78, 5) is 0. The van der Waals surface area contributed by atoms with E-state index in [2.05, 4.69) is 47.2 Å². The van der Waals surface area contributed by atoms with Gasteiger partial charge in [-0.1, -0.05) is 28.1 Å². The highest BCUT2D eigenvalue weighted by molar-refractivity contribution is 9.10. The number of rotatable bonds is 1. The van der Waals surface area contributed by atoms with Gasteiger partial charge in [0.15, 0.2) is 0 Å².